The average molecular weight is 437 g/mol. The quantitative estimate of drug-likeness (QED) is 0.654. The molecule has 2 N–H and O–H groups in total. The molecule has 1 aromatic rings. The zero-order valence-electron chi connectivity index (χ0n) is 21.6. The van der Waals surface area contributed by atoms with Crippen LogP contribution in [0.25, 0.3) is 0 Å². The van der Waals surface area contributed by atoms with E-state index in [1.54, 1.807) is 65.8 Å². The van der Waals surface area contributed by atoms with Gasteiger partial charge < -0.3 is 24.8 Å². The van der Waals surface area contributed by atoms with Crippen molar-refractivity contribution >= 4 is 12.1 Å². The SMILES string of the molecule is [2H]C([2H])(c1cccc(OCCN)c1)[C@H](C(=O)OC(C)(C)C)[C@H]1CCN(C(=O)OC(C)(C)C)C1. The van der Waals surface area contributed by atoms with E-state index in [-0.39, 0.29) is 6.54 Å². The summed E-state index contributed by atoms with van der Waals surface area (Å²) in [4.78, 5) is 27.4. The summed E-state index contributed by atoms with van der Waals surface area (Å²) in [5, 5.41) is 0. The first-order chi connectivity index (χ1) is 15.1. The Bertz CT molecular complexity index is 833. The van der Waals surface area contributed by atoms with Gasteiger partial charge in [-0.3, -0.25) is 4.79 Å². The third-order valence-electron chi connectivity index (χ3n) is 4.55. The van der Waals surface area contributed by atoms with E-state index in [2.05, 4.69) is 0 Å². The molecule has 0 saturated carbocycles. The number of hydrogen-bond donors (Lipinski definition) is 1. The van der Waals surface area contributed by atoms with Crippen molar-refractivity contribution in [2.24, 2.45) is 17.6 Å². The van der Waals surface area contributed by atoms with Crippen molar-refractivity contribution in [3.8, 4) is 5.75 Å². The lowest BCUT2D eigenvalue weighted by molar-refractivity contribution is -0.161. The van der Waals surface area contributed by atoms with Crippen LogP contribution in [-0.4, -0.2) is 54.4 Å². The molecule has 1 aliphatic rings. The second kappa shape index (κ2) is 10.4. The predicted octanol–water partition coefficient (Wildman–Crippen LogP) is 3.78. The van der Waals surface area contributed by atoms with Crippen LogP contribution in [0, 0.1) is 11.8 Å². The predicted molar refractivity (Wildman–Crippen MR) is 120 cm³/mol. The standard InChI is InChI=1S/C24H38N2O5/c1-23(2,3)30-21(27)20(15-17-8-7-9-19(14-17)29-13-11-25)18-10-12-26(16-18)22(28)31-24(4,5)6/h7-9,14,18,20H,10-13,15-16,25H2,1-6H3/t18-,20-/m0/s1/i15D2. The van der Waals surface area contributed by atoms with Gasteiger partial charge in [-0.25, -0.2) is 4.79 Å². The summed E-state index contributed by atoms with van der Waals surface area (Å²) in [6.07, 6.45) is -2.06. The van der Waals surface area contributed by atoms with Crippen LogP contribution in [-0.2, 0) is 20.6 Å². The normalized spacial score (nSPS) is 19.3. The maximum Gasteiger partial charge on any atom is 0.410 e. The smallest absolute Gasteiger partial charge is 0.410 e. The summed E-state index contributed by atoms with van der Waals surface area (Å²) in [6, 6.07) is 6.63. The number of rotatable bonds is 7. The monoisotopic (exact) mass is 436 g/mol. The van der Waals surface area contributed by atoms with Crippen molar-refractivity contribution in [1.82, 2.24) is 4.90 Å². The van der Waals surface area contributed by atoms with Gasteiger partial charge in [0.25, 0.3) is 0 Å². The summed E-state index contributed by atoms with van der Waals surface area (Å²) in [6.45, 7) is 11.9. The Morgan fingerprint density at radius 2 is 1.87 bits per heavy atom. The van der Waals surface area contributed by atoms with E-state index in [4.69, 9.17) is 22.7 Å². The molecular formula is C24H38N2O5. The number of likely N-dealkylation sites (tertiary alicyclic amines) is 1. The third-order valence-corrected chi connectivity index (χ3v) is 4.55. The van der Waals surface area contributed by atoms with E-state index in [9.17, 15) is 9.59 Å². The van der Waals surface area contributed by atoms with E-state index in [0.717, 1.165) is 0 Å². The van der Waals surface area contributed by atoms with Crippen molar-refractivity contribution < 1.29 is 26.5 Å². The number of carbonyl (C=O) groups excluding carboxylic acids is 2. The zero-order valence-corrected chi connectivity index (χ0v) is 19.6. The van der Waals surface area contributed by atoms with Gasteiger partial charge >= 0.3 is 12.1 Å². The highest BCUT2D eigenvalue weighted by Gasteiger charge is 2.39. The number of nitrogens with zero attached hydrogens (tertiary/aromatic N) is 1. The summed E-state index contributed by atoms with van der Waals surface area (Å²) in [5.74, 6) is -1.70. The molecule has 0 radical (unpaired) electrons. The minimum Gasteiger partial charge on any atom is -0.492 e. The van der Waals surface area contributed by atoms with Gasteiger partial charge in [0.05, 0.1) is 5.92 Å². The van der Waals surface area contributed by atoms with Crippen LogP contribution >= 0.6 is 0 Å². The number of carbonyl (C=O) groups is 2. The van der Waals surface area contributed by atoms with Crippen LogP contribution in [0.15, 0.2) is 24.3 Å². The highest BCUT2D eigenvalue weighted by atomic mass is 16.6. The number of amides is 1. The molecule has 2 rings (SSSR count). The first-order valence-electron chi connectivity index (χ1n) is 11.8. The second-order valence-electron chi connectivity index (χ2n) is 9.80. The molecule has 31 heavy (non-hydrogen) atoms. The van der Waals surface area contributed by atoms with Crippen molar-refractivity contribution in [1.29, 1.82) is 0 Å². The topological polar surface area (TPSA) is 91.1 Å². The summed E-state index contributed by atoms with van der Waals surface area (Å²) in [5.41, 5.74) is 4.39. The minimum atomic E-state index is -2.06. The van der Waals surface area contributed by atoms with Crippen LogP contribution in [0.3, 0.4) is 0 Å². The maximum atomic E-state index is 13.3. The van der Waals surface area contributed by atoms with Gasteiger partial charge in [0.1, 0.15) is 23.6 Å². The molecule has 7 nitrogen and oxygen atoms in total. The molecule has 0 aliphatic carbocycles. The third kappa shape index (κ3) is 8.40. The molecule has 0 aromatic heterocycles. The van der Waals surface area contributed by atoms with Gasteiger partial charge in [0.15, 0.2) is 0 Å². The number of hydrogen-bond acceptors (Lipinski definition) is 6. The summed E-state index contributed by atoms with van der Waals surface area (Å²) >= 11 is 0. The van der Waals surface area contributed by atoms with E-state index in [0.29, 0.717) is 37.4 Å². The van der Waals surface area contributed by atoms with Crippen molar-refractivity contribution in [3.05, 3.63) is 29.8 Å². The molecule has 1 aromatic carbocycles. The minimum absolute atomic E-state index is 0.210. The van der Waals surface area contributed by atoms with Crippen LogP contribution in [0.2, 0.25) is 0 Å². The molecule has 1 aliphatic heterocycles. The Morgan fingerprint density at radius 3 is 2.48 bits per heavy atom. The molecule has 0 spiro atoms. The Balaban J connectivity index is 2.35. The number of ether oxygens (including phenoxy) is 3. The fourth-order valence-corrected chi connectivity index (χ4v) is 3.32. The molecule has 0 bridgehead atoms. The lowest BCUT2D eigenvalue weighted by atomic mass is 9.86. The highest BCUT2D eigenvalue weighted by molar-refractivity contribution is 5.74. The van der Waals surface area contributed by atoms with Crippen molar-refractivity contribution in [2.45, 2.75) is 65.5 Å². The fourth-order valence-electron chi connectivity index (χ4n) is 3.32. The van der Waals surface area contributed by atoms with Gasteiger partial charge in [0, 0.05) is 22.4 Å². The maximum absolute atomic E-state index is 13.3. The first-order valence-corrected chi connectivity index (χ1v) is 10.8. The first kappa shape index (κ1) is 21.9. The molecule has 0 unspecified atom stereocenters. The van der Waals surface area contributed by atoms with Gasteiger partial charge in [-0.2, -0.15) is 0 Å². The largest absolute Gasteiger partial charge is 0.492 e. The zero-order chi connectivity index (χ0) is 25.0. The Hall–Kier alpha value is -2.28. The van der Waals surface area contributed by atoms with Gasteiger partial charge in [-0.1, -0.05) is 12.1 Å². The van der Waals surface area contributed by atoms with Crippen LogP contribution in [0.4, 0.5) is 4.79 Å². The Labute approximate surface area is 189 Å². The summed E-state index contributed by atoms with van der Waals surface area (Å²) in [7, 11) is 0. The van der Waals surface area contributed by atoms with E-state index < -0.39 is 41.5 Å². The van der Waals surface area contributed by atoms with E-state index in [1.807, 2.05) is 0 Å². The molecular weight excluding hydrogens is 396 g/mol. The lowest BCUT2D eigenvalue weighted by Gasteiger charge is -2.28. The van der Waals surface area contributed by atoms with Gasteiger partial charge in [-0.05, 0) is 78.0 Å². The van der Waals surface area contributed by atoms with Gasteiger partial charge in [0.2, 0.25) is 0 Å². The number of esters is 1. The lowest BCUT2D eigenvalue weighted by Crippen LogP contribution is -2.38. The molecule has 2 atom stereocenters. The highest BCUT2D eigenvalue weighted by Crippen LogP contribution is 2.31. The van der Waals surface area contributed by atoms with Crippen molar-refractivity contribution in [2.75, 3.05) is 26.2 Å². The Morgan fingerprint density at radius 1 is 1.19 bits per heavy atom. The number of benzene rings is 1. The number of nitrogens with two attached hydrogens (primary N) is 1. The molecule has 1 amide bonds. The van der Waals surface area contributed by atoms with Crippen LogP contribution < -0.4 is 10.5 Å². The second-order valence-corrected chi connectivity index (χ2v) is 9.80. The molecule has 174 valence electrons. The molecule has 1 saturated heterocycles. The average Bonchev–Trinajstić information content (AvgIpc) is 3.13. The molecule has 7 heteroatoms. The summed E-state index contributed by atoms with van der Waals surface area (Å²) < 4.78 is 34.6. The van der Waals surface area contributed by atoms with Crippen LogP contribution in [0.5, 0.6) is 5.75 Å². The van der Waals surface area contributed by atoms with E-state index >= 15 is 0 Å². The molecule has 1 fully saturated rings. The fraction of sp³-hybridized carbons (Fsp3) is 0.667. The van der Waals surface area contributed by atoms with E-state index in [1.165, 1.54) is 4.90 Å². The van der Waals surface area contributed by atoms with Crippen molar-refractivity contribution in [3.63, 3.8) is 0 Å². The van der Waals surface area contributed by atoms with Crippen LogP contribution in [0.1, 0.15) is 56.3 Å². The Kier molecular flexibility index (Phi) is 7.33. The van der Waals surface area contributed by atoms with Gasteiger partial charge in [-0.15, -0.1) is 0 Å². The molecule has 1 heterocycles.